The molecule has 0 radical (unpaired) electrons. The first-order chi connectivity index (χ1) is 6.81. The van der Waals surface area contributed by atoms with Gasteiger partial charge in [0.2, 0.25) is 0 Å². The van der Waals surface area contributed by atoms with Gasteiger partial charge in [0.1, 0.15) is 12.0 Å². The van der Waals surface area contributed by atoms with E-state index >= 15 is 0 Å². The second-order valence-corrected chi connectivity index (χ2v) is 4.73. The first kappa shape index (κ1) is 11.6. The van der Waals surface area contributed by atoms with Gasteiger partial charge in [0.25, 0.3) is 0 Å². The normalized spacial score (nSPS) is 11.3. The van der Waals surface area contributed by atoms with Crippen LogP contribution in [0.5, 0.6) is 0 Å². The van der Waals surface area contributed by atoms with E-state index in [0.717, 1.165) is 5.82 Å². The Morgan fingerprint density at radius 2 is 1.87 bits per heavy atom. The van der Waals surface area contributed by atoms with Crippen LogP contribution in [-0.4, -0.2) is 29.6 Å². The van der Waals surface area contributed by atoms with Crippen molar-refractivity contribution in [3.8, 4) is 0 Å². The summed E-state index contributed by atoms with van der Waals surface area (Å²) in [4.78, 5) is 10.1. The lowest BCUT2D eigenvalue weighted by molar-refractivity contribution is 0.630. The lowest BCUT2D eigenvalue weighted by atomic mass is 10.1. The van der Waals surface area contributed by atoms with Gasteiger partial charge in [0, 0.05) is 19.6 Å². The summed E-state index contributed by atoms with van der Waals surface area (Å²) in [5.74, 6) is 1.41. The Balaban J connectivity index is 3.05. The minimum Gasteiger partial charge on any atom is -0.393 e. The minimum atomic E-state index is -0.0634. The summed E-state index contributed by atoms with van der Waals surface area (Å²) in [7, 11) is 3.80. The Morgan fingerprint density at radius 3 is 2.33 bits per heavy atom. The molecule has 84 valence electrons. The third-order valence-corrected chi connectivity index (χ3v) is 1.78. The summed E-state index contributed by atoms with van der Waals surface area (Å²) in [5, 5.41) is 3.24. The van der Waals surface area contributed by atoms with Crippen LogP contribution in [0.3, 0.4) is 0 Å². The van der Waals surface area contributed by atoms with E-state index in [9.17, 15) is 0 Å². The Morgan fingerprint density at radius 1 is 1.27 bits per heavy atom. The maximum absolute atomic E-state index is 5.96. The van der Waals surface area contributed by atoms with Gasteiger partial charge in [0.05, 0.1) is 0 Å². The molecule has 0 aromatic carbocycles. The highest BCUT2D eigenvalue weighted by atomic mass is 15.2. The number of nitrogens with zero attached hydrogens (tertiary/aromatic N) is 3. The summed E-state index contributed by atoms with van der Waals surface area (Å²) in [6, 6.07) is 0. The fourth-order valence-electron chi connectivity index (χ4n) is 1.20. The molecule has 0 aliphatic heterocycles. The monoisotopic (exact) mass is 209 g/mol. The number of nitrogens with two attached hydrogens (primary N) is 1. The van der Waals surface area contributed by atoms with Gasteiger partial charge in [-0.1, -0.05) is 0 Å². The van der Waals surface area contributed by atoms with Crippen molar-refractivity contribution in [2.75, 3.05) is 30.0 Å². The molecule has 1 aromatic heterocycles. The maximum atomic E-state index is 5.96. The molecule has 0 bridgehead atoms. The lowest BCUT2D eigenvalue weighted by Crippen LogP contribution is -2.28. The topological polar surface area (TPSA) is 67.1 Å². The molecule has 3 N–H and O–H groups in total. The SMILES string of the molecule is CN(C)c1ncnc(NC(C)(C)C)c1N. The van der Waals surface area contributed by atoms with Crippen LogP contribution >= 0.6 is 0 Å². The molecule has 0 saturated carbocycles. The van der Waals surface area contributed by atoms with Crippen LogP contribution in [0.2, 0.25) is 0 Å². The third-order valence-electron chi connectivity index (χ3n) is 1.78. The average Bonchev–Trinajstić information content (AvgIpc) is 2.05. The first-order valence-corrected chi connectivity index (χ1v) is 4.87. The van der Waals surface area contributed by atoms with E-state index in [-0.39, 0.29) is 5.54 Å². The molecule has 1 rings (SSSR count). The molecule has 1 aromatic rings. The van der Waals surface area contributed by atoms with Crippen molar-refractivity contribution >= 4 is 17.3 Å². The van der Waals surface area contributed by atoms with Gasteiger partial charge in [-0.2, -0.15) is 0 Å². The second-order valence-electron chi connectivity index (χ2n) is 4.73. The highest BCUT2D eigenvalue weighted by molar-refractivity contribution is 5.74. The number of anilines is 3. The summed E-state index contributed by atoms with van der Waals surface area (Å²) >= 11 is 0. The molecule has 0 amide bonds. The zero-order valence-electron chi connectivity index (χ0n) is 10.00. The molecule has 0 unspecified atom stereocenters. The van der Waals surface area contributed by atoms with Crippen LogP contribution in [0.4, 0.5) is 17.3 Å². The van der Waals surface area contributed by atoms with Gasteiger partial charge < -0.3 is 16.0 Å². The molecule has 1 heterocycles. The predicted molar refractivity (Wildman–Crippen MR) is 64.1 cm³/mol. The number of hydrogen-bond donors (Lipinski definition) is 2. The zero-order chi connectivity index (χ0) is 11.6. The molecule has 5 nitrogen and oxygen atoms in total. The summed E-state index contributed by atoms with van der Waals surface area (Å²) in [5.41, 5.74) is 6.48. The van der Waals surface area contributed by atoms with Gasteiger partial charge in [-0.25, -0.2) is 9.97 Å². The van der Waals surface area contributed by atoms with Gasteiger partial charge >= 0.3 is 0 Å². The average molecular weight is 209 g/mol. The lowest BCUT2D eigenvalue weighted by Gasteiger charge is -2.23. The minimum absolute atomic E-state index is 0.0634. The van der Waals surface area contributed by atoms with Gasteiger partial charge in [-0.05, 0) is 20.8 Å². The third kappa shape index (κ3) is 2.97. The van der Waals surface area contributed by atoms with Gasteiger partial charge in [-0.3, -0.25) is 0 Å². The van der Waals surface area contributed by atoms with E-state index in [1.54, 1.807) is 0 Å². The molecule has 0 fully saturated rings. The van der Waals surface area contributed by atoms with Crippen molar-refractivity contribution in [3.63, 3.8) is 0 Å². The van der Waals surface area contributed by atoms with E-state index in [2.05, 4.69) is 36.1 Å². The first-order valence-electron chi connectivity index (χ1n) is 4.87. The number of rotatable bonds is 2. The molecule has 0 atom stereocenters. The number of aromatic nitrogens is 2. The largest absolute Gasteiger partial charge is 0.393 e. The molecular weight excluding hydrogens is 190 g/mol. The van der Waals surface area contributed by atoms with E-state index in [4.69, 9.17) is 5.73 Å². The van der Waals surface area contributed by atoms with Crippen LogP contribution in [-0.2, 0) is 0 Å². The molecular formula is C10H19N5. The Labute approximate surface area is 90.7 Å². The number of nitrogens with one attached hydrogen (secondary N) is 1. The molecule has 15 heavy (non-hydrogen) atoms. The Kier molecular flexibility index (Phi) is 3.02. The molecule has 0 aliphatic rings. The van der Waals surface area contributed by atoms with Crippen molar-refractivity contribution < 1.29 is 0 Å². The highest BCUT2D eigenvalue weighted by Crippen LogP contribution is 2.26. The van der Waals surface area contributed by atoms with Crippen molar-refractivity contribution in [1.82, 2.24) is 9.97 Å². The van der Waals surface area contributed by atoms with Crippen LogP contribution in [0.15, 0.2) is 6.33 Å². The van der Waals surface area contributed by atoms with Crippen molar-refractivity contribution in [2.45, 2.75) is 26.3 Å². The Bertz CT molecular complexity index is 340. The molecule has 5 heteroatoms. The zero-order valence-corrected chi connectivity index (χ0v) is 10.00. The van der Waals surface area contributed by atoms with E-state index < -0.39 is 0 Å². The van der Waals surface area contributed by atoms with Crippen LogP contribution in [0.25, 0.3) is 0 Å². The Hall–Kier alpha value is -1.52. The fraction of sp³-hybridized carbons (Fsp3) is 0.600. The molecule has 0 aliphatic carbocycles. The van der Waals surface area contributed by atoms with Gasteiger partial charge in [-0.15, -0.1) is 0 Å². The number of nitrogen functional groups attached to an aromatic ring is 1. The summed E-state index contributed by atoms with van der Waals surface area (Å²) in [6.45, 7) is 6.18. The smallest absolute Gasteiger partial charge is 0.156 e. The van der Waals surface area contributed by atoms with Crippen LogP contribution in [0, 0.1) is 0 Å². The summed E-state index contributed by atoms with van der Waals surface area (Å²) < 4.78 is 0. The van der Waals surface area contributed by atoms with Crippen molar-refractivity contribution in [2.24, 2.45) is 0 Å². The number of hydrogen-bond acceptors (Lipinski definition) is 5. The van der Waals surface area contributed by atoms with Gasteiger partial charge in [0.15, 0.2) is 11.6 Å². The van der Waals surface area contributed by atoms with E-state index in [1.807, 2.05) is 19.0 Å². The summed E-state index contributed by atoms with van der Waals surface area (Å²) in [6.07, 6.45) is 1.51. The quantitative estimate of drug-likeness (QED) is 0.769. The van der Waals surface area contributed by atoms with Crippen molar-refractivity contribution in [3.05, 3.63) is 6.33 Å². The van der Waals surface area contributed by atoms with Crippen molar-refractivity contribution in [1.29, 1.82) is 0 Å². The van der Waals surface area contributed by atoms with Crippen LogP contribution in [0.1, 0.15) is 20.8 Å². The molecule has 0 spiro atoms. The standard InChI is InChI=1S/C10H19N5/c1-10(2,3)14-8-7(11)9(15(4)5)13-6-12-8/h6H,11H2,1-5H3,(H,12,13,14). The van der Waals surface area contributed by atoms with E-state index in [1.165, 1.54) is 6.33 Å². The predicted octanol–water partition coefficient (Wildman–Crippen LogP) is 1.34. The second kappa shape index (κ2) is 3.92. The maximum Gasteiger partial charge on any atom is 0.156 e. The fourth-order valence-corrected chi connectivity index (χ4v) is 1.20. The highest BCUT2D eigenvalue weighted by Gasteiger charge is 2.15. The van der Waals surface area contributed by atoms with Crippen LogP contribution < -0.4 is 16.0 Å². The molecule has 0 saturated heterocycles. The van der Waals surface area contributed by atoms with E-state index in [0.29, 0.717) is 11.5 Å².